The number of carbonyl (C=O) groups is 1. The number of piperidine rings is 1. The van der Waals surface area contributed by atoms with E-state index in [4.69, 9.17) is 5.11 Å². The van der Waals surface area contributed by atoms with Gasteiger partial charge in [-0.1, -0.05) is 29.8 Å². The number of halogens is 1. The second-order valence-corrected chi connectivity index (χ2v) is 4.54. The van der Waals surface area contributed by atoms with Crippen molar-refractivity contribution < 1.29 is 9.90 Å². The number of hydrogen-bond donors (Lipinski definition) is 2. The van der Waals surface area contributed by atoms with E-state index >= 15 is 0 Å². The molecule has 1 aliphatic heterocycles. The molecule has 1 saturated heterocycles. The summed E-state index contributed by atoms with van der Waals surface area (Å²) in [7, 11) is 0. The summed E-state index contributed by atoms with van der Waals surface area (Å²) in [6.07, 6.45) is 0.742. The van der Waals surface area contributed by atoms with Gasteiger partial charge in [0.05, 0.1) is 5.92 Å². The Kier molecular flexibility index (Phi) is 4.97. The summed E-state index contributed by atoms with van der Waals surface area (Å²) in [6, 6.07) is 8.34. The molecule has 0 radical (unpaired) electrons. The molecule has 3 nitrogen and oxygen atoms in total. The molecular weight excluding hydrogens is 238 g/mol. The first-order valence-corrected chi connectivity index (χ1v) is 5.67. The van der Waals surface area contributed by atoms with Crippen LogP contribution in [-0.2, 0) is 4.79 Å². The largest absolute Gasteiger partial charge is 0.481 e. The maximum atomic E-state index is 11.0. The molecule has 2 N–H and O–H groups in total. The fourth-order valence-electron chi connectivity index (χ4n) is 2.31. The lowest BCUT2D eigenvalue weighted by molar-refractivity contribution is -0.142. The summed E-state index contributed by atoms with van der Waals surface area (Å²) in [4.78, 5) is 11.0. The highest BCUT2D eigenvalue weighted by atomic mass is 35.5. The maximum absolute atomic E-state index is 11.0. The summed E-state index contributed by atoms with van der Waals surface area (Å²) in [5.74, 6) is -0.612. The molecule has 2 rings (SSSR count). The molecule has 0 aromatic heterocycles. The van der Waals surface area contributed by atoms with Crippen LogP contribution in [0.4, 0.5) is 0 Å². The van der Waals surface area contributed by atoms with Crippen molar-refractivity contribution in [1.82, 2.24) is 5.32 Å². The minimum absolute atomic E-state index is 0. The monoisotopic (exact) mass is 255 g/mol. The first kappa shape index (κ1) is 14.0. The van der Waals surface area contributed by atoms with Gasteiger partial charge in [-0.3, -0.25) is 4.79 Å². The third-order valence-electron chi connectivity index (χ3n) is 3.21. The minimum atomic E-state index is -0.690. The smallest absolute Gasteiger partial charge is 0.307 e. The van der Waals surface area contributed by atoms with Crippen LogP contribution in [0.15, 0.2) is 24.3 Å². The molecule has 0 aliphatic carbocycles. The summed E-state index contributed by atoms with van der Waals surface area (Å²) in [5.41, 5.74) is 2.48. The van der Waals surface area contributed by atoms with Gasteiger partial charge in [0.25, 0.3) is 0 Å². The molecule has 17 heavy (non-hydrogen) atoms. The molecule has 0 saturated carbocycles. The molecule has 1 aromatic rings. The van der Waals surface area contributed by atoms with Crippen LogP contribution in [0.25, 0.3) is 0 Å². The van der Waals surface area contributed by atoms with Crippen LogP contribution in [0, 0.1) is 12.8 Å². The normalized spacial score (nSPS) is 23.8. The third kappa shape index (κ3) is 3.45. The van der Waals surface area contributed by atoms with E-state index in [1.54, 1.807) is 0 Å². The van der Waals surface area contributed by atoms with Crippen molar-refractivity contribution >= 4 is 18.4 Å². The zero-order valence-corrected chi connectivity index (χ0v) is 10.7. The topological polar surface area (TPSA) is 49.3 Å². The number of rotatable bonds is 2. The Hall–Kier alpha value is -1.06. The van der Waals surface area contributed by atoms with Gasteiger partial charge in [0.15, 0.2) is 0 Å². The second-order valence-electron chi connectivity index (χ2n) is 4.54. The molecule has 2 atom stereocenters. The molecule has 1 fully saturated rings. The van der Waals surface area contributed by atoms with E-state index in [1.807, 2.05) is 6.07 Å². The van der Waals surface area contributed by atoms with Crippen molar-refractivity contribution in [1.29, 1.82) is 0 Å². The molecular formula is C13H18ClNO2. The predicted octanol–water partition coefficient (Wildman–Crippen LogP) is 2.19. The van der Waals surface area contributed by atoms with Gasteiger partial charge in [0.2, 0.25) is 0 Å². The summed E-state index contributed by atoms with van der Waals surface area (Å²) in [6.45, 7) is 3.54. The lowest BCUT2D eigenvalue weighted by Crippen LogP contribution is -2.38. The van der Waals surface area contributed by atoms with E-state index in [1.165, 1.54) is 11.1 Å². The van der Waals surface area contributed by atoms with Gasteiger partial charge >= 0.3 is 5.97 Å². The number of carboxylic acids is 1. The Balaban J connectivity index is 0.00000144. The molecule has 0 amide bonds. The molecule has 94 valence electrons. The molecule has 1 aliphatic rings. The highest BCUT2D eigenvalue weighted by Gasteiger charge is 2.27. The van der Waals surface area contributed by atoms with E-state index in [0.717, 1.165) is 13.0 Å². The van der Waals surface area contributed by atoms with Gasteiger partial charge in [-0.2, -0.15) is 0 Å². The van der Waals surface area contributed by atoms with Gasteiger partial charge < -0.3 is 10.4 Å². The average Bonchev–Trinajstić information content (AvgIpc) is 2.29. The highest BCUT2D eigenvalue weighted by molar-refractivity contribution is 5.85. The zero-order chi connectivity index (χ0) is 11.5. The predicted molar refractivity (Wildman–Crippen MR) is 69.8 cm³/mol. The average molecular weight is 256 g/mol. The van der Waals surface area contributed by atoms with Crippen LogP contribution in [-0.4, -0.2) is 24.2 Å². The van der Waals surface area contributed by atoms with Gasteiger partial charge in [0, 0.05) is 13.1 Å². The first-order chi connectivity index (χ1) is 7.66. The minimum Gasteiger partial charge on any atom is -0.481 e. The Morgan fingerprint density at radius 2 is 2.18 bits per heavy atom. The number of benzene rings is 1. The van der Waals surface area contributed by atoms with Crippen molar-refractivity contribution in [3.63, 3.8) is 0 Å². The Bertz CT molecular complexity index is 395. The van der Waals surface area contributed by atoms with Crippen LogP contribution in [0.1, 0.15) is 23.5 Å². The van der Waals surface area contributed by atoms with Crippen molar-refractivity contribution in [2.24, 2.45) is 5.92 Å². The fourth-order valence-corrected chi connectivity index (χ4v) is 2.31. The van der Waals surface area contributed by atoms with E-state index < -0.39 is 5.97 Å². The van der Waals surface area contributed by atoms with E-state index in [2.05, 4.69) is 30.4 Å². The quantitative estimate of drug-likeness (QED) is 0.852. The highest BCUT2D eigenvalue weighted by Crippen LogP contribution is 2.27. The summed E-state index contributed by atoms with van der Waals surface area (Å²) < 4.78 is 0. The molecule has 1 aromatic carbocycles. The van der Waals surface area contributed by atoms with Crippen LogP contribution in [0.3, 0.4) is 0 Å². The van der Waals surface area contributed by atoms with Gasteiger partial charge in [-0.25, -0.2) is 0 Å². The molecule has 2 unspecified atom stereocenters. The van der Waals surface area contributed by atoms with Gasteiger partial charge in [-0.05, 0) is 24.8 Å². The van der Waals surface area contributed by atoms with E-state index in [0.29, 0.717) is 12.5 Å². The van der Waals surface area contributed by atoms with Crippen LogP contribution in [0.2, 0.25) is 0 Å². The molecule has 0 bridgehead atoms. The van der Waals surface area contributed by atoms with Crippen molar-refractivity contribution in [3.8, 4) is 0 Å². The van der Waals surface area contributed by atoms with Crippen LogP contribution < -0.4 is 5.32 Å². The van der Waals surface area contributed by atoms with Crippen molar-refractivity contribution in [2.45, 2.75) is 19.3 Å². The molecule has 4 heteroatoms. The number of aliphatic carboxylic acids is 1. The summed E-state index contributed by atoms with van der Waals surface area (Å²) >= 11 is 0. The van der Waals surface area contributed by atoms with Gasteiger partial charge in [-0.15, -0.1) is 12.4 Å². The number of hydrogen-bond acceptors (Lipinski definition) is 2. The molecule has 0 spiro atoms. The SMILES string of the molecule is Cc1cccc(C2CNCC(C(=O)O)C2)c1.Cl. The van der Waals surface area contributed by atoms with Crippen LogP contribution in [0.5, 0.6) is 0 Å². The zero-order valence-electron chi connectivity index (χ0n) is 9.85. The van der Waals surface area contributed by atoms with Gasteiger partial charge in [0.1, 0.15) is 0 Å². The third-order valence-corrected chi connectivity index (χ3v) is 3.21. The lowest BCUT2D eigenvalue weighted by Gasteiger charge is -2.28. The number of aryl methyl sites for hydroxylation is 1. The Morgan fingerprint density at radius 3 is 2.82 bits per heavy atom. The van der Waals surface area contributed by atoms with E-state index in [9.17, 15) is 4.79 Å². The number of carboxylic acid groups (broad SMARTS) is 1. The number of nitrogens with one attached hydrogen (secondary N) is 1. The Morgan fingerprint density at radius 1 is 1.41 bits per heavy atom. The van der Waals surface area contributed by atoms with Crippen molar-refractivity contribution in [3.05, 3.63) is 35.4 Å². The fraction of sp³-hybridized carbons (Fsp3) is 0.462. The maximum Gasteiger partial charge on any atom is 0.307 e. The second kappa shape index (κ2) is 6.03. The first-order valence-electron chi connectivity index (χ1n) is 5.67. The molecule has 1 heterocycles. The van der Waals surface area contributed by atoms with Crippen LogP contribution >= 0.6 is 12.4 Å². The summed E-state index contributed by atoms with van der Waals surface area (Å²) in [5, 5.41) is 12.2. The lowest BCUT2D eigenvalue weighted by atomic mass is 9.85. The standard InChI is InChI=1S/C13H17NO2.ClH/c1-9-3-2-4-10(5-9)11-6-12(13(15)16)8-14-7-11;/h2-5,11-12,14H,6-8H2,1H3,(H,15,16);1H. The Labute approximate surface area is 108 Å². The van der Waals surface area contributed by atoms with E-state index in [-0.39, 0.29) is 18.3 Å². The van der Waals surface area contributed by atoms with Crippen molar-refractivity contribution in [2.75, 3.05) is 13.1 Å².